The van der Waals surface area contributed by atoms with Crippen molar-refractivity contribution in [3.8, 4) is 0 Å². The zero-order valence-electron chi connectivity index (χ0n) is 14.5. The number of nitrogens with zero attached hydrogens (tertiary/aromatic N) is 2. The van der Waals surface area contributed by atoms with E-state index in [-0.39, 0.29) is 20.5 Å². The fourth-order valence-corrected chi connectivity index (χ4v) is 16.7. The third kappa shape index (κ3) is 2.79. The summed E-state index contributed by atoms with van der Waals surface area (Å²) in [7, 11) is 1.82. The van der Waals surface area contributed by atoms with Crippen molar-refractivity contribution in [2.75, 3.05) is 11.7 Å². The van der Waals surface area contributed by atoms with Gasteiger partial charge in [-0.2, -0.15) is 0 Å². The van der Waals surface area contributed by atoms with Crippen LogP contribution in [0.3, 0.4) is 0 Å². The molecule has 1 aliphatic heterocycles. The van der Waals surface area contributed by atoms with Gasteiger partial charge in [0.15, 0.2) is 0 Å². The van der Waals surface area contributed by atoms with E-state index in [1.165, 1.54) is 0 Å². The van der Waals surface area contributed by atoms with E-state index in [0.717, 1.165) is 15.5 Å². The molecule has 138 valence electrons. The number of para-hydroxylation sites is 1. The summed E-state index contributed by atoms with van der Waals surface area (Å²) in [4.78, 5) is 9.58. The van der Waals surface area contributed by atoms with Crippen LogP contribution in [-0.4, -0.2) is 32.3 Å². The van der Waals surface area contributed by atoms with Crippen molar-refractivity contribution in [2.24, 2.45) is 0 Å². The van der Waals surface area contributed by atoms with E-state index in [0.29, 0.717) is 5.02 Å². The number of urea groups is 1. The van der Waals surface area contributed by atoms with E-state index in [4.69, 9.17) is 22.8 Å². The number of hydrogen-bond donors (Lipinski definition) is 0. The molecule has 2 amide bonds. The van der Waals surface area contributed by atoms with Gasteiger partial charge < -0.3 is 0 Å². The van der Waals surface area contributed by atoms with Gasteiger partial charge >= 0.3 is 175 Å². The predicted molar refractivity (Wildman–Crippen MR) is 118 cm³/mol. The van der Waals surface area contributed by atoms with Crippen molar-refractivity contribution >= 4 is 63.8 Å². The van der Waals surface area contributed by atoms with Crippen molar-refractivity contribution in [3.05, 3.63) is 90.0 Å². The van der Waals surface area contributed by atoms with Crippen LogP contribution in [0.4, 0.5) is 10.5 Å². The number of carbonyl (C=O) groups is 1. The third-order valence-corrected chi connectivity index (χ3v) is 19.5. The van der Waals surface area contributed by atoms with Gasteiger partial charge in [0, 0.05) is 0 Å². The minimum absolute atomic E-state index is 0.0754. The standard InChI is InChI=1S/C20H17Cl2N2OPSe/c1-23-20(25)24(17-8-4-2-5-9-17)26(23,22,18-10-6-3-7-11-18)27-19-14-12-16(21)13-15-19/h2-15H,1H3. The van der Waals surface area contributed by atoms with E-state index >= 15 is 0 Å². The van der Waals surface area contributed by atoms with E-state index in [9.17, 15) is 4.79 Å². The van der Waals surface area contributed by atoms with Crippen molar-refractivity contribution in [1.29, 1.82) is 0 Å². The number of anilines is 1. The fourth-order valence-electron chi connectivity index (χ4n) is 3.21. The Morgan fingerprint density at radius 3 is 2.00 bits per heavy atom. The first-order valence-corrected chi connectivity index (χ1v) is 14.8. The first-order valence-electron chi connectivity index (χ1n) is 8.33. The number of benzene rings is 3. The third-order valence-electron chi connectivity index (χ3n) is 4.60. The second-order valence-electron chi connectivity index (χ2n) is 6.18. The topological polar surface area (TPSA) is 23.6 Å². The van der Waals surface area contributed by atoms with Crippen molar-refractivity contribution in [2.45, 2.75) is 0 Å². The van der Waals surface area contributed by atoms with Crippen molar-refractivity contribution in [3.63, 3.8) is 0 Å². The molecule has 0 radical (unpaired) electrons. The molecule has 3 aromatic rings. The van der Waals surface area contributed by atoms with Crippen LogP contribution in [0.5, 0.6) is 0 Å². The summed E-state index contributed by atoms with van der Waals surface area (Å²) in [5, 5.41) is 1.68. The van der Waals surface area contributed by atoms with Crippen LogP contribution in [0.1, 0.15) is 0 Å². The summed E-state index contributed by atoms with van der Waals surface area (Å²) in [6.45, 7) is 0. The van der Waals surface area contributed by atoms with Crippen LogP contribution >= 0.6 is 27.8 Å². The Bertz CT molecular complexity index is 990. The Hall–Kier alpha value is -1.54. The Morgan fingerprint density at radius 1 is 0.852 bits per heavy atom. The van der Waals surface area contributed by atoms with Crippen LogP contribution in [0.2, 0.25) is 5.02 Å². The number of hydrogen-bond acceptors (Lipinski definition) is 1. The molecule has 0 aromatic heterocycles. The maximum absolute atomic E-state index is 13.0. The van der Waals surface area contributed by atoms with E-state index in [1.807, 2.05) is 96.6 Å². The minimum atomic E-state index is -3.41. The van der Waals surface area contributed by atoms with Gasteiger partial charge in [-0.15, -0.1) is 0 Å². The molecule has 0 N–H and O–H groups in total. The Balaban J connectivity index is 1.93. The van der Waals surface area contributed by atoms with Gasteiger partial charge in [0.25, 0.3) is 0 Å². The van der Waals surface area contributed by atoms with Gasteiger partial charge in [-0.25, -0.2) is 0 Å². The average Bonchev–Trinajstić information content (AvgIpc) is 2.71. The summed E-state index contributed by atoms with van der Waals surface area (Å²) in [5.74, 6) is 0. The molecule has 1 heterocycles. The molecule has 4 rings (SSSR count). The monoisotopic (exact) mass is 482 g/mol. The van der Waals surface area contributed by atoms with Gasteiger partial charge in [-0.1, -0.05) is 0 Å². The molecule has 7 heteroatoms. The molecular formula is C20H17Cl2N2OPSe. The molecule has 1 fully saturated rings. The van der Waals surface area contributed by atoms with E-state index in [1.54, 1.807) is 4.67 Å². The SMILES string of the molecule is CN1C(=O)N(c2ccccc2)P1(Cl)([Se]c1ccc(Cl)cc1)c1ccccc1. The first-order chi connectivity index (χ1) is 12.9. The van der Waals surface area contributed by atoms with Crippen LogP contribution in [-0.2, 0) is 0 Å². The van der Waals surface area contributed by atoms with Gasteiger partial charge in [0.1, 0.15) is 0 Å². The number of rotatable bonds is 4. The molecule has 0 saturated carbocycles. The summed E-state index contributed by atoms with van der Waals surface area (Å²) in [6, 6.07) is 27.3. The molecule has 0 aliphatic carbocycles. The zero-order chi connectivity index (χ0) is 19.1. The van der Waals surface area contributed by atoms with Crippen molar-refractivity contribution in [1.82, 2.24) is 4.67 Å². The van der Waals surface area contributed by atoms with Crippen LogP contribution in [0, 0.1) is 0 Å². The quantitative estimate of drug-likeness (QED) is 0.379. The van der Waals surface area contributed by atoms with Gasteiger partial charge in [0.05, 0.1) is 0 Å². The second kappa shape index (κ2) is 6.81. The number of carbonyl (C=O) groups excluding carboxylic acids is 1. The maximum atomic E-state index is 13.0. The molecule has 0 atom stereocenters. The predicted octanol–water partition coefficient (Wildman–Crippen LogP) is 5.02. The molecule has 3 nitrogen and oxygen atoms in total. The number of halogens is 2. The average molecular weight is 482 g/mol. The summed E-state index contributed by atoms with van der Waals surface area (Å²) < 4.78 is 4.70. The fraction of sp³-hybridized carbons (Fsp3) is 0.0500. The molecule has 0 unspecified atom stereocenters. The van der Waals surface area contributed by atoms with Gasteiger partial charge in [-0.3, -0.25) is 0 Å². The molecule has 0 spiro atoms. The Kier molecular flexibility index (Phi) is 4.74. The normalized spacial score (nSPS) is 19.1. The van der Waals surface area contributed by atoms with Gasteiger partial charge in [0.2, 0.25) is 0 Å². The van der Waals surface area contributed by atoms with Gasteiger partial charge in [-0.05, 0) is 0 Å². The molecular weight excluding hydrogens is 465 g/mol. The molecule has 3 aromatic carbocycles. The first kappa shape index (κ1) is 18.8. The Morgan fingerprint density at radius 2 is 1.41 bits per heavy atom. The van der Waals surface area contributed by atoms with Crippen molar-refractivity contribution < 1.29 is 4.79 Å². The molecule has 1 saturated heterocycles. The summed E-state index contributed by atoms with van der Waals surface area (Å²) in [5.41, 5.74) is 0.827. The molecule has 1 aliphatic rings. The molecule has 0 bridgehead atoms. The number of amides is 2. The van der Waals surface area contributed by atoms with Crippen LogP contribution in [0.15, 0.2) is 84.9 Å². The second-order valence-corrected chi connectivity index (χ2v) is 19.8. The van der Waals surface area contributed by atoms with Crippen LogP contribution < -0.4 is 14.4 Å². The zero-order valence-corrected chi connectivity index (χ0v) is 18.6. The molecule has 27 heavy (non-hydrogen) atoms. The van der Waals surface area contributed by atoms with E-state index in [2.05, 4.69) is 0 Å². The Labute approximate surface area is 174 Å². The van der Waals surface area contributed by atoms with E-state index < -0.39 is 4.95 Å². The summed E-state index contributed by atoms with van der Waals surface area (Å²) >= 11 is 13.5. The van der Waals surface area contributed by atoms with Crippen LogP contribution in [0.25, 0.3) is 0 Å². The summed E-state index contributed by atoms with van der Waals surface area (Å²) in [6.07, 6.45) is 0.